The molecule has 1 aliphatic rings. The second kappa shape index (κ2) is 6.00. The molecule has 17 heavy (non-hydrogen) atoms. The van der Waals surface area contributed by atoms with Crippen LogP contribution in [0.1, 0.15) is 27.2 Å². The summed E-state index contributed by atoms with van der Waals surface area (Å²) in [6.45, 7) is 6.81. The summed E-state index contributed by atoms with van der Waals surface area (Å²) in [4.78, 5) is 25.6. The molecule has 0 aromatic heterocycles. The van der Waals surface area contributed by atoms with Crippen molar-refractivity contribution in [3.05, 3.63) is 0 Å². The summed E-state index contributed by atoms with van der Waals surface area (Å²) in [5, 5.41) is 2.72. The summed E-state index contributed by atoms with van der Waals surface area (Å²) in [5.74, 6) is 0.0675. The number of hydrogen-bond acceptors (Lipinski definition) is 3. The molecule has 1 heterocycles. The van der Waals surface area contributed by atoms with E-state index in [-0.39, 0.29) is 23.8 Å². The van der Waals surface area contributed by atoms with E-state index >= 15 is 0 Å². The number of methoxy groups -OCH3 is 1. The summed E-state index contributed by atoms with van der Waals surface area (Å²) in [5.41, 5.74) is 0. The van der Waals surface area contributed by atoms with Crippen LogP contribution < -0.4 is 5.32 Å². The van der Waals surface area contributed by atoms with Gasteiger partial charge in [-0.15, -0.1) is 0 Å². The maximum absolute atomic E-state index is 12.1. The zero-order valence-corrected chi connectivity index (χ0v) is 11.0. The van der Waals surface area contributed by atoms with Gasteiger partial charge in [0, 0.05) is 20.3 Å². The molecule has 0 aromatic rings. The molecule has 2 atom stereocenters. The Morgan fingerprint density at radius 2 is 2.06 bits per heavy atom. The third kappa shape index (κ3) is 3.19. The van der Waals surface area contributed by atoms with Gasteiger partial charge in [-0.1, -0.05) is 13.8 Å². The maximum atomic E-state index is 12.1. The van der Waals surface area contributed by atoms with Gasteiger partial charge < -0.3 is 15.0 Å². The summed E-state index contributed by atoms with van der Waals surface area (Å²) in [6, 6.07) is -0.768. The molecule has 1 N–H and O–H groups in total. The summed E-state index contributed by atoms with van der Waals surface area (Å²) < 4.78 is 4.98. The summed E-state index contributed by atoms with van der Waals surface area (Å²) >= 11 is 0. The molecule has 2 unspecified atom stereocenters. The Labute approximate surface area is 102 Å². The predicted octanol–water partition coefficient (Wildman–Crippen LogP) is 0.394. The van der Waals surface area contributed by atoms with Crippen molar-refractivity contribution in [1.29, 1.82) is 0 Å². The molecule has 0 aliphatic carbocycles. The van der Waals surface area contributed by atoms with Crippen molar-refractivity contribution in [2.45, 2.75) is 39.3 Å². The van der Waals surface area contributed by atoms with Crippen LogP contribution in [-0.4, -0.2) is 49.1 Å². The summed E-state index contributed by atoms with van der Waals surface area (Å²) in [7, 11) is 1.63. The lowest BCUT2D eigenvalue weighted by Gasteiger charge is -2.39. The van der Waals surface area contributed by atoms with Crippen LogP contribution in [0, 0.1) is 5.92 Å². The lowest BCUT2D eigenvalue weighted by atomic mass is 9.97. The average Bonchev–Trinajstić information content (AvgIpc) is 2.24. The summed E-state index contributed by atoms with van der Waals surface area (Å²) in [6.07, 6.45) is 0.755. The smallest absolute Gasteiger partial charge is 0.245 e. The van der Waals surface area contributed by atoms with Crippen LogP contribution in [-0.2, 0) is 14.3 Å². The highest BCUT2D eigenvalue weighted by Crippen LogP contribution is 2.17. The average molecular weight is 242 g/mol. The molecule has 5 heteroatoms. The lowest BCUT2D eigenvalue weighted by Crippen LogP contribution is -2.64. The van der Waals surface area contributed by atoms with Crippen molar-refractivity contribution < 1.29 is 14.3 Å². The Bertz CT molecular complexity index is 291. The first-order valence-corrected chi connectivity index (χ1v) is 6.08. The van der Waals surface area contributed by atoms with E-state index < -0.39 is 6.04 Å². The molecule has 0 spiro atoms. The number of hydrogen-bond donors (Lipinski definition) is 1. The van der Waals surface area contributed by atoms with Crippen molar-refractivity contribution >= 4 is 11.8 Å². The van der Waals surface area contributed by atoms with E-state index in [4.69, 9.17) is 4.74 Å². The lowest BCUT2D eigenvalue weighted by molar-refractivity contribution is -0.150. The maximum Gasteiger partial charge on any atom is 0.245 e. The van der Waals surface area contributed by atoms with Crippen LogP contribution in [0.15, 0.2) is 0 Å². The Morgan fingerprint density at radius 1 is 1.41 bits per heavy atom. The minimum absolute atomic E-state index is 0.000553. The number of carbonyl (C=O) groups is 2. The highest BCUT2D eigenvalue weighted by molar-refractivity contribution is 5.96. The molecular formula is C12H22N2O3. The predicted molar refractivity (Wildman–Crippen MR) is 64.4 cm³/mol. The van der Waals surface area contributed by atoms with E-state index in [1.54, 1.807) is 18.9 Å². The highest BCUT2D eigenvalue weighted by Gasteiger charge is 2.39. The van der Waals surface area contributed by atoms with Crippen LogP contribution >= 0.6 is 0 Å². The molecule has 5 nitrogen and oxygen atoms in total. The monoisotopic (exact) mass is 242 g/mol. The SMILES string of the molecule is COCCCN1C(=O)C(C)NC(=O)C1C(C)C. The largest absolute Gasteiger partial charge is 0.385 e. The van der Waals surface area contributed by atoms with Gasteiger partial charge in [0.1, 0.15) is 12.1 Å². The first kappa shape index (κ1) is 14.0. The fraction of sp³-hybridized carbons (Fsp3) is 0.833. The minimum Gasteiger partial charge on any atom is -0.385 e. The number of ether oxygens (including phenoxy) is 1. The fourth-order valence-corrected chi connectivity index (χ4v) is 2.18. The topological polar surface area (TPSA) is 58.6 Å². The number of rotatable bonds is 5. The Hall–Kier alpha value is -1.10. The van der Waals surface area contributed by atoms with Gasteiger partial charge in [-0.3, -0.25) is 9.59 Å². The van der Waals surface area contributed by atoms with Gasteiger partial charge in [0.25, 0.3) is 0 Å². The normalized spacial score (nSPS) is 25.4. The van der Waals surface area contributed by atoms with E-state index in [0.717, 1.165) is 6.42 Å². The third-order valence-corrected chi connectivity index (χ3v) is 3.00. The van der Waals surface area contributed by atoms with Crippen molar-refractivity contribution in [3.8, 4) is 0 Å². The molecule has 0 radical (unpaired) electrons. The van der Waals surface area contributed by atoms with E-state index in [0.29, 0.717) is 13.2 Å². The second-order valence-corrected chi connectivity index (χ2v) is 4.80. The number of amides is 2. The Balaban J connectivity index is 2.75. The van der Waals surface area contributed by atoms with Crippen LogP contribution in [0.25, 0.3) is 0 Å². The first-order valence-electron chi connectivity index (χ1n) is 6.08. The first-order chi connectivity index (χ1) is 7.99. The van der Waals surface area contributed by atoms with Crippen molar-refractivity contribution in [2.75, 3.05) is 20.3 Å². The zero-order valence-electron chi connectivity index (χ0n) is 11.0. The van der Waals surface area contributed by atoms with Gasteiger partial charge in [-0.25, -0.2) is 0 Å². The van der Waals surface area contributed by atoms with Crippen LogP contribution in [0.5, 0.6) is 0 Å². The van der Waals surface area contributed by atoms with Crippen molar-refractivity contribution in [1.82, 2.24) is 10.2 Å². The van der Waals surface area contributed by atoms with Gasteiger partial charge in [0.2, 0.25) is 11.8 Å². The molecule has 0 saturated carbocycles. The van der Waals surface area contributed by atoms with Gasteiger partial charge in [-0.05, 0) is 19.3 Å². The van der Waals surface area contributed by atoms with Gasteiger partial charge in [0.15, 0.2) is 0 Å². The standard InChI is InChI=1S/C12H22N2O3/c1-8(2)10-11(15)13-9(3)12(16)14(10)6-5-7-17-4/h8-10H,5-7H2,1-4H3,(H,13,15). The van der Waals surface area contributed by atoms with Gasteiger partial charge in [-0.2, -0.15) is 0 Å². The molecular weight excluding hydrogens is 220 g/mol. The molecule has 98 valence electrons. The van der Waals surface area contributed by atoms with Crippen molar-refractivity contribution in [3.63, 3.8) is 0 Å². The number of nitrogens with zero attached hydrogens (tertiary/aromatic N) is 1. The molecule has 0 aromatic carbocycles. The highest BCUT2D eigenvalue weighted by atomic mass is 16.5. The Morgan fingerprint density at radius 3 is 2.59 bits per heavy atom. The third-order valence-electron chi connectivity index (χ3n) is 3.00. The van der Waals surface area contributed by atoms with E-state index in [2.05, 4.69) is 5.32 Å². The number of carbonyl (C=O) groups excluding carboxylic acids is 2. The fourth-order valence-electron chi connectivity index (χ4n) is 2.18. The molecule has 1 aliphatic heterocycles. The Kier molecular flexibility index (Phi) is 4.93. The molecule has 1 fully saturated rings. The van der Waals surface area contributed by atoms with Crippen LogP contribution in [0.2, 0.25) is 0 Å². The quantitative estimate of drug-likeness (QED) is 0.710. The molecule has 0 bridgehead atoms. The van der Waals surface area contributed by atoms with Gasteiger partial charge >= 0.3 is 0 Å². The second-order valence-electron chi connectivity index (χ2n) is 4.80. The van der Waals surface area contributed by atoms with Gasteiger partial charge in [0.05, 0.1) is 0 Å². The zero-order chi connectivity index (χ0) is 13.0. The molecule has 1 rings (SSSR count). The van der Waals surface area contributed by atoms with E-state index in [1.165, 1.54) is 0 Å². The van der Waals surface area contributed by atoms with Crippen LogP contribution in [0.4, 0.5) is 0 Å². The van der Waals surface area contributed by atoms with Crippen LogP contribution in [0.3, 0.4) is 0 Å². The molecule has 1 saturated heterocycles. The molecule has 2 amide bonds. The minimum atomic E-state index is -0.417. The number of piperazine rings is 1. The van der Waals surface area contributed by atoms with E-state index in [9.17, 15) is 9.59 Å². The van der Waals surface area contributed by atoms with E-state index in [1.807, 2.05) is 13.8 Å². The van der Waals surface area contributed by atoms with Crippen molar-refractivity contribution in [2.24, 2.45) is 5.92 Å². The number of nitrogens with one attached hydrogen (secondary N) is 1.